The van der Waals surface area contributed by atoms with E-state index in [0.29, 0.717) is 17.9 Å². The van der Waals surface area contributed by atoms with Crippen LogP contribution in [0.15, 0.2) is 43.0 Å². The number of aromatic nitrogens is 4. The number of benzene rings is 1. The summed E-state index contributed by atoms with van der Waals surface area (Å²) in [6, 6.07) is 8.99. The van der Waals surface area contributed by atoms with Crippen LogP contribution in [-0.4, -0.2) is 60.3 Å². The first kappa shape index (κ1) is 29.2. The summed E-state index contributed by atoms with van der Waals surface area (Å²) in [6.45, 7) is 12.3. The SMILES string of the molecule is CC(Cn1cnc2c(N(C(=O)OC(C)(C)C)C(=O)OC(C)(C)C)ncnc21)OCP(O)Oc1ccccc1. The number of carbonyl (C=O) groups excluding carboxylic acids is 2. The molecule has 38 heavy (non-hydrogen) atoms. The maximum atomic E-state index is 13.0. The van der Waals surface area contributed by atoms with E-state index in [4.69, 9.17) is 18.7 Å². The van der Waals surface area contributed by atoms with Crippen LogP contribution in [0.1, 0.15) is 48.5 Å². The normalized spacial score (nSPS) is 13.6. The van der Waals surface area contributed by atoms with Crippen molar-refractivity contribution in [3.05, 3.63) is 43.0 Å². The van der Waals surface area contributed by atoms with Crippen molar-refractivity contribution in [2.75, 3.05) is 11.2 Å². The van der Waals surface area contributed by atoms with E-state index < -0.39 is 31.8 Å². The predicted molar refractivity (Wildman–Crippen MR) is 142 cm³/mol. The van der Waals surface area contributed by atoms with Crippen LogP contribution in [0, 0.1) is 0 Å². The standard InChI is InChI=1S/C25H34N5O7P/c1-17(34-16-38(33)37-18-11-9-8-10-12-18)13-29-15-28-19-20(29)26-14-27-21(19)30(22(31)35-24(2,3)4)23(32)36-25(5,6)7/h8-12,14-15,17,33H,13,16H2,1-7H3. The second-order valence-electron chi connectivity index (χ2n) is 10.4. The molecule has 13 heteroatoms. The van der Waals surface area contributed by atoms with E-state index >= 15 is 0 Å². The number of imide groups is 1. The summed E-state index contributed by atoms with van der Waals surface area (Å²) < 4.78 is 23.8. The van der Waals surface area contributed by atoms with Crippen molar-refractivity contribution in [3.8, 4) is 5.75 Å². The van der Waals surface area contributed by atoms with Gasteiger partial charge < -0.3 is 28.2 Å². The Bertz CT molecular complexity index is 1210. The molecule has 0 saturated carbocycles. The Labute approximate surface area is 222 Å². The minimum absolute atomic E-state index is 0.00330. The van der Waals surface area contributed by atoms with Crippen LogP contribution in [0.4, 0.5) is 15.4 Å². The quantitative estimate of drug-likeness (QED) is 0.372. The lowest BCUT2D eigenvalue weighted by atomic mass is 10.2. The van der Waals surface area contributed by atoms with E-state index in [1.807, 2.05) is 25.1 Å². The number of carbonyl (C=O) groups is 2. The fraction of sp³-hybridized carbons (Fsp3) is 0.480. The molecule has 2 amide bonds. The summed E-state index contributed by atoms with van der Waals surface area (Å²) in [4.78, 5) is 49.8. The molecule has 3 aromatic rings. The molecule has 12 nitrogen and oxygen atoms in total. The first-order chi connectivity index (χ1) is 17.7. The number of fused-ring (bicyclic) bond motifs is 1. The van der Waals surface area contributed by atoms with Gasteiger partial charge in [-0.15, -0.1) is 0 Å². The molecule has 0 bridgehead atoms. The summed E-state index contributed by atoms with van der Waals surface area (Å²) in [7, 11) is -1.82. The first-order valence-electron chi connectivity index (χ1n) is 12.0. The molecule has 0 fully saturated rings. The molecule has 2 unspecified atom stereocenters. The van der Waals surface area contributed by atoms with Gasteiger partial charge in [-0.2, -0.15) is 4.90 Å². The Balaban J connectivity index is 1.78. The van der Waals surface area contributed by atoms with Gasteiger partial charge in [-0.3, -0.25) is 0 Å². The van der Waals surface area contributed by atoms with Crippen LogP contribution < -0.4 is 9.42 Å². The molecule has 2 atom stereocenters. The zero-order valence-corrected chi connectivity index (χ0v) is 23.5. The van der Waals surface area contributed by atoms with Gasteiger partial charge in [-0.1, -0.05) is 18.2 Å². The second kappa shape index (κ2) is 12.0. The van der Waals surface area contributed by atoms with Crippen LogP contribution in [0.25, 0.3) is 11.2 Å². The van der Waals surface area contributed by atoms with E-state index in [2.05, 4.69) is 15.0 Å². The number of anilines is 1. The number of amides is 2. The van der Waals surface area contributed by atoms with Gasteiger partial charge >= 0.3 is 12.2 Å². The van der Waals surface area contributed by atoms with Crippen molar-refractivity contribution in [2.45, 2.75) is 72.3 Å². The van der Waals surface area contributed by atoms with Gasteiger partial charge in [0.25, 0.3) is 8.38 Å². The third kappa shape index (κ3) is 8.34. The minimum atomic E-state index is -1.82. The lowest BCUT2D eigenvalue weighted by Gasteiger charge is -2.28. The number of rotatable bonds is 8. The Hall–Kier alpha value is -3.34. The molecule has 0 aliphatic rings. The van der Waals surface area contributed by atoms with Gasteiger partial charge in [0, 0.05) is 0 Å². The molecule has 2 aromatic heterocycles. The lowest BCUT2D eigenvalue weighted by molar-refractivity contribution is 0.0429. The van der Waals surface area contributed by atoms with E-state index in [9.17, 15) is 14.5 Å². The van der Waals surface area contributed by atoms with Gasteiger partial charge in [0.1, 0.15) is 29.6 Å². The minimum Gasteiger partial charge on any atom is -0.446 e. The average Bonchev–Trinajstić information content (AvgIpc) is 3.19. The third-order valence-corrected chi connectivity index (χ3v) is 5.41. The number of imidazole rings is 1. The fourth-order valence-corrected chi connectivity index (χ4v) is 3.98. The molecule has 0 spiro atoms. The van der Waals surface area contributed by atoms with Gasteiger partial charge in [0.05, 0.1) is 19.0 Å². The van der Waals surface area contributed by atoms with Gasteiger partial charge in [0.15, 0.2) is 17.0 Å². The Morgan fingerprint density at radius 2 is 1.61 bits per heavy atom. The van der Waals surface area contributed by atoms with Crippen molar-refractivity contribution in [2.24, 2.45) is 0 Å². The van der Waals surface area contributed by atoms with Gasteiger partial charge in [-0.25, -0.2) is 24.5 Å². The van der Waals surface area contributed by atoms with Crippen molar-refractivity contribution >= 4 is 37.5 Å². The summed E-state index contributed by atoms with van der Waals surface area (Å²) in [5.74, 6) is 0.489. The molecular weight excluding hydrogens is 513 g/mol. The van der Waals surface area contributed by atoms with Crippen molar-refractivity contribution in [1.29, 1.82) is 0 Å². The van der Waals surface area contributed by atoms with Crippen molar-refractivity contribution < 1.29 is 33.2 Å². The molecule has 0 aliphatic heterocycles. The molecule has 206 valence electrons. The molecule has 0 saturated heterocycles. The molecular formula is C25H34N5O7P. The number of ether oxygens (including phenoxy) is 3. The van der Waals surface area contributed by atoms with Crippen LogP contribution in [0.2, 0.25) is 0 Å². The molecule has 3 rings (SSSR count). The number of para-hydroxylation sites is 1. The largest absolute Gasteiger partial charge is 0.446 e. The Morgan fingerprint density at radius 1 is 1.00 bits per heavy atom. The predicted octanol–water partition coefficient (Wildman–Crippen LogP) is 5.25. The Kier molecular flexibility index (Phi) is 9.24. The van der Waals surface area contributed by atoms with Crippen LogP contribution in [0.3, 0.4) is 0 Å². The van der Waals surface area contributed by atoms with Crippen LogP contribution in [-0.2, 0) is 20.8 Å². The lowest BCUT2D eigenvalue weighted by Crippen LogP contribution is -2.44. The topological polar surface area (TPSA) is 138 Å². The zero-order valence-electron chi connectivity index (χ0n) is 22.6. The summed E-state index contributed by atoms with van der Waals surface area (Å²) in [5.41, 5.74) is -1.17. The monoisotopic (exact) mass is 547 g/mol. The van der Waals surface area contributed by atoms with E-state index in [-0.39, 0.29) is 23.8 Å². The second-order valence-corrected chi connectivity index (χ2v) is 11.6. The highest BCUT2D eigenvalue weighted by molar-refractivity contribution is 7.46. The van der Waals surface area contributed by atoms with Gasteiger partial charge in [0.2, 0.25) is 0 Å². The highest BCUT2D eigenvalue weighted by atomic mass is 31.2. The van der Waals surface area contributed by atoms with Crippen molar-refractivity contribution in [1.82, 2.24) is 19.5 Å². The average molecular weight is 548 g/mol. The van der Waals surface area contributed by atoms with E-state index in [1.54, 1.807) is 58.2 Å². The summed E-state index contributed by atoms with van der Waals surface area (Å²) in [6.07, 6.45) is 0.482. The number of hydrogen-bond donors (Lipinski definition) is 1. The van der Waals surface area contributed by atoms with E-state index in [1.165, 1.54) is 12.7 Å². The van der Waals surface area contributed by atoms with Crippen LogP contribution in [0.5, 0.6) is 5.75 Å². The number of hydrogen-bond acceptors (Lipinski definition) is 10. The maximum absolute atomic E-state index is 13.0. The molecule has 0 aliphatic carbocycles. The fourth-order valence-electron chi connectivity index (χ4n) is 3.18. The molecule has 2 heterocycles. The molecule has 1 aromatic carbocycles. The summed E-state index contributed by atoms with van der Waals surface area (Å²) in [5, 5.41) is 0. The molecule has 0 radical (unpaired) electrons. The van der Waals surface area contributed by atoms with E-state index in [0.717, 1.165) is 4.90 Å². The van der Waals surface area contributed by atoms with Crippen molar-refractivity contribution in [3.63, 3.8) is 0 Å². The third-order valence-electron chi connectivity index (χ3n) is 4.62. The number of nitrogens with zero attached hydrogens (tertiary/aromatic N) is 5. The Morgan fingerprint density at radius 3 is 2.18 bits per heavy atom. The van der Waals surface area contributed by atoms with Crippen LogP contribution >= 0.6 is 8.38 Å². The summed E-state index contributed by atoms with van der Waals surface area (Å²) >= 11 is 0. The molecule has 1 N–H and O–H groups in total. The highest BCUT2D eigenvalue weighted by Crippen LogP contribution is 2.34. The van der Waals surface area contributed by atoms with Gasteiger partial charge in [-0.05, 0) is 60.6 Å². The smallest absolute Gasteiger partial charge is 0.425 e. The first-order valence-corrected chi connectivity index (χ1v) is 13.4. The zero-order chi connectivity index (χ0) is 28.1. The maximum Gasteiger partial charge on any atom is 0.425 e. The highest BCUT2D eigenvalue weighted by Gasteiger charge is 2.35.